The lowest BCUT2D eigenvalue weighted by Crippen LogP contribution is -2.33. The van der Waals surface area contributed by atoms with E-state index in [2.05, 4.69) is 97.9 Å². The molecular weight excluding hydrogens is 571 g/mol. The first-order valence-corrected chi connectivity index (χ1v) is 18.4. The summed E-state index contributed by atoms with van der Waals surface area (Å²) in [6.45, 7) is 13.4. The van der Waals surface area contributed by atoms with Gasteiger partial charge in [0.15, 0.2) is 0 Å². The minimum absolute atomic E-state index is 0.0624. The first-order valence-electron chi connectivity index (χ1n) is 15.0. The molecule has 0 unspecified atom stereocenters. The molecule has 43 heavy (non-hydrogen) atoms. The summed E-state index contributed by atoms with van der Waals surface area (Å²) in [4.78, 5) is -0.292. The molecular formula is C37H47O4PS. The van der Waals surface area contributed by atoms with E-state index >= 15 is 0 Å². The minimum atomic E-state index is -4.55. The van der Waals surface area contributed by atoms with Gasteiger partial charge in [-0.15, -0.1) is 0 Å². The normalized spacial score (nSPS) is 12.4. The van der Waals surface area contributed by atoms with Gasteiger partial charge in [-0.1, -0.05) is 116 Å². The second kappa shape index (κ2) is 14.2. The lowest BCUT2D eigenvalue weighted by Gasteiger charge is -2.28. The molecule has 0 saturated heterocycles. The summed E-state index contributed by atoms with van der Waals surface area (Å²) >= 11 is 0. The van der Waals surface area contributed by atoms with Crippen LogP contribution in [0.4, 0.5) is 0 Å². The van der Waals surface area contributed by atoms with Crippen molar-refractivity contribution in [1.29, 1.82) is 0 Å². The summed E-state index contributed by atoms with van der Waals surface area (Å²) in [5.41, 5.74) is 0.0268. The summed E-state index contributed by atoms with van der Waals surface area (Å²) in [7, 11) is -6.13. The Morgan fingerprint density at radius 3 is 1.28 bits per heavy atom. The monoisotopic (exact) mass is 618 g/mol. The van der Waals surface area contributed by atoms with Crippen LogP contribution in [-0.4, -0.2) is 24.2 Å². The number of hydrogen-bond acceptors (Lipinski definition) is 4. The first-order chi connectivity index (χ1) is 20.1. The van der Waals surface area contributed by atoms with E-state index in [4.69, 9.17) is 0 Å². The van der Waals surface area contributed by atoms with Crippen molar-refractivity contribution >= 4 is 33.3 Å². The number of rotatable bonds is 8. The summed E-state index contributed by atoms with van der Waals surface area (Å²) < 4.78 is 33.8. The molecule has 0 aliphatic rings. The second-order valence-electron chi connectivity index (χ2n) is 13.1. The lowest BCUT2D eigenvalue weighted by atomic mass is 9.79. The number of hydrogen-bond donors (Lipinski definition) is 1. The van der Waals surface area contributed by atoms with E-state index in [1.165, 1.54) is 53.5 Å². The van der Waals surface area contributed by atoms with Crippen LogP contribution in [-0.2, 0) is 20.9 Å². The topological polar surface area (TPSA) is 77.4 Å². The highest BCUT2D eigenvalue weighted by molar-refractivity contribution is 7.95. The average molecular weight is 619 g/mol. The van der Waals surface area contributed by atoms with Crippen molar-refractivity contribution in [2.45, 2.75) is 83.5 Å². The van der Waals surface area contributed by atoms with E-state index in [0.717, 1.165) is 0 Å². The molecule has 4 nitrogen and oxygen atoms in total. The number of phenolic OH excluding ortho intramolecular Hbond substituents is 1. The molecule has 0 aromatic heterocycles. The smallest absolute Gasteiger partial charge is 0.124 e. The summed E-state index contributed by atoms with van der Waals surface area (Å²) in [6, 6.07) is 36.1. The van der Waals surface area contributed by atoms with Crippen LogP contribution in [0.2, 0.25) is 0 Å². The Kier molecular flexibility index (Phi) is 11.4. The van der Waals surface area contributed by atoms with Gasteiger partial charge in [0.1, 0.15) is 39.0 Å². The van der Waals surface area contributed by atoms with Gasteiger partial charge in [0, 0.05) is 11.1 Å². The van der Waals surface area contributed by atoms with Gasteiger partial charge >= 0.3 is 0 Å². The van der Waals surface area contributed by atoms with Crippen molar-refractivity contribution in [3.05, 3.63) is 114 Å². The fourth-order valence-electron chi connectivity index (χ4n) is 5.38. The Morgan fingerprint density at radius 2 is 1.00 bits per heavy atom. The molecule has 0 aliphatic carbocycles. The zero-order chi connectivity index (χ0) is 31.9. The summed E-state index contributed by atoms with van der Waals surface area (Å²) in [6.07, 6.45) is 5.09. The van der Waals surface area contributed by atoms with Crippen molar-refractivity contribution < 1.29 is 18.1 Å². The zero-order valence-electron chi connectivity index (χ0n) is 26.7. The Labute approximate surface area is 260 Å². The number of aromatic hydroxyl groups is 1. The highest BCUT2D eigenvalue weighted by Crippen LogP contribution is 2.56. The van der Waals surface area contributed by atoms with Gasteiger partial charge in [-0.3, -0.25) is 0 Å². The van der Waals surface area contributed by atoms with E-state index in [1.54, 1.807) is 0 Å². The largest absolute Gasteiger partial charge is 0.744 e. The summed E-state index contributed by atoms with van der Waals surface area (Å²) in [5, 5.41) is 14.8. The number of phenols is 1. The Morgan fingerprint density at radius 1 is 0.651 bits per heavy atom. The molecule has 0 amide bonds. The van der Waals surface area contributed by atoms with E-state index in [0.29, 0.717) is 11.1 Å². The molecule has 6 heteroatoms. The third kappa shape index (κ3) is 8.56. The molecule has 0 radical (unpaired) electrons. The molecule has 4 aromatic rings. The number of benzene rings is 4. The average Bonchev–Trinajstić information content (AvgIpc) is 2.95. The van der Waals surface area contributed by atoms with Crippen LogP contribution in [0.5, 0.6) is 5.75 Å². The maximum atomic E-state index is 11.3. The molecule has 230 valence electrons. The Bertz CT molecular complexity index is 1420. The minimum Gasteiger partial charge on any atom is -0.744 e. The first kappa shape index (κ1) is 34.5. The van der Waals surface area contributed by atoms with Gasteiger partial charge < -0.3 is 9.66 Å². The molecule has 0 bridgehead atoms. The predicted octanol–water partition coefficient (Wildman–Crippen LogP) is 8.06. The Balaban J connectivity index is 0.000000243. The molecule has 0 fully saturated rings. The van der Waals surface area contributed by atoms with E-state index in [-0.39, 0.29) is 10.6 Å². The van der Waals surface area contributed by atoms with Crippen LogP contribution in [0, 0.1) is 0 Å². The van der Waals surface area contributed by atoms with Crippen molar-refractivity contribution in [2.75, 3.05) is 6.16 Å². The van der Waals surface area contributed by atoms with Crippen LogP contribution in [0.1, 0.15) is 78.9 Å². The van der Waals surface area contributed by atoms with E-state index < -0.39 is 28.2 Å². The third-order valence-electron chi connectivity index (χ3n) is 7.68. The molecule has 0 heterocycles. The van der Waals surface area contributed by atoms with Crippen LogP contribution in [0.3, 0.4) is 0 Å². The van der Waals surface area contributed by atoms with Crippen LogP contribution < -0.4 is 15.9 Å². The predicted molar refractivity (Wildman–Crippen MR) is 183 cm³/mol. The maximum absolute atomic E-state index is 11.3. The molecule has 0 atom stereocenters. The molecule has 4 rings (SSSR count). The van der Waals surface area contributed by atoms with Gasteiger partial charge in [0.2, 0.25) is 0 Å². The fraction of sp³-hybridized carbons (Fsp3) is 0.351. The summed E-state index contributed by atoms with van der Waals surface area (Å²) in [5.74, 6) is 0.0624. The Hall–Kier alpha value is -2.98. The quantitative estimate of drug-likeness (QED) is 0.123. The lowest BCUT2D eigenvalue weighted by molar-refractivity contribution is 0.420. The van der Waals surface area contributed by atoms with Gasteiger partial charge in [0.25, 0.3) is 0 Å². The standard InChI is InChI=1S/C23H26P.C14H22O4S/c1-2-3-13-20-24(21-14-7-4-8-15-21,22-16-9-5-10-17-22)23-18-11-6-12-19-23;1-13(2,3)10-7-9(19(16,17)18)8-11(12(10)15)14(4,5)6/h4-12,14-19H,2-3,13,20H2,1H3;7-8,15H,1-6H3,(H,16,17,18)/q+1;/p-1. The van der Waals surface area contributed by atoms with Gasteiger partial charge in [-0.25, -0.2) is 8.42 Å². The second-order valence-corrected chi connectivity index (χ2v) is 18.1. The van der Waals surface area contributed by atoms with Crippen molar-refractivity contribution in [1.82, 2.24) is 0 Å². The van der Waals surface area contributed by atoms with E-state index in [9.17, 15) is 18.1 Å². The van der Waals surface area contributed by atoms with Crippen LogP contribution in [0.25, 0.3) is 0 Å². The fourth-order valence-corrected chi connectivity index (χ4v) is 10.3. The van der Waals surface area contributed by atoms with Crippen molar-refractivity contribution in [3.63, 3.8) is 0 Å². The molecule has 0 spiro atoms. The zero-order valence-corrected chi connectivity index (χ0v) is 28.4. The maximum Gasteiger partial charge on any atom is 0.124 e. The van der Waals surface area contributed by atoms with E-state index in [1.807, 2.05) is 41.5 Å². The number of unbranched alkanes of at least 4 members (excludes halogenated alkanes) is 2. The SMILES string of the molecule is CC(C)(C)c1cc(S(=O)(=O)[O-])cc(C(C)(C)C)c1O.CCCCC[P+](c1ccccc1)(c1ccccc1)c1ccccc1. The van der Waals surface area contributed by atoms with Crippen LogP contribution in [0.15, 0.2) is 108 Å². The molecule has 4 aromatic carbocycles. The van der Waals surface area contributed by atoms with Crippen molar-refractivity contribution in [2.24, 2.45) is 0 Å². The third-order valence-corrected chi connectivity index (χ3v) is 13.0. The van der Waals surface area contributed by atoms with Gasteiger partial charge in [0.05, 0.1) is 11.1 Å². The highest BCUT2D eigenvalue weighted by atomic mass is 32.2. The van der Waals surface area contributed by atoms with Crippen molar-refractivity contribution in [3.8, 4) is 5.75 Å². The molecule has 0 aliphatic heterocycles. The van der Waals surface area contributed by atoms with Crippen LogP contribution >= 0.6 is 7.26 Å². The molecule has 0 saturated carbocycles. The molecule has 1 N–H and O–H groups in total. The van der Waals surface area contributed by atoms with Gasteiger partial charge in [-0.05, 0) is 65.8 Å². The highest BCUT2D eigenvalue weighted by Gasteiger charge is 2.44. The van der Waals surface area contributed by atoms with Gasteiger partial charge in [-0.2, -0.15) is 0 Å².